The third-order valence-corrected chi connectivity index (χ3v) is 5.35. The van der Waals surface area contributed by atoms with Crippen molar-refractivity contribution in [3.8, 4) is 0 Å². The second-order valence-electron chi connectivity index (χ2n) is 8.62. The first kappa shape index (κ1) is 27.7. The van der Waals surface area contributed by atoms with Crippen LogP contribution in [-0.2, 0) is 9.47 Å². The van der Waals surface area contributed by atoms with Crippen molar-refractivity contribution in [2.24, 2.45) is 0 Å². The molecule has 2 aliphatic heterocycles. The Hall–Kier alpha value is -1.51. The number of hydrogen-bond donors (Lipinski definition) is 1. The van der Waals surface area contributed by atoms with Gasteiger partial charge in [0.1, 0.15) is 0 Å². The molecule has 2 aliphatic rings. The van der Waals surface area contributed by atoms with E-state index in [0.29, 0.717) is 31.5 Å². The molecule has 0 bridgehead atoms. The van der Waals surface area contributed by atoms with Crippen molar-refractivity contribution >= 4 is 22.6 Å². The lowest BCUT2D eigenvalue weighted by Crippen LogP contribution is -2.53. The van der Waals surface area contributed by atoms with E-state index in [1.54, 1.807) is 0 Å². The summed E-state index contributed by atoms with van der Waals surface area (Å²) in [6, 6.07) is 21.7. The predicted octanol–water partition coefficient (Wildman–Crippen LogP) is 5.66. The van der Waals surface area contributed by atoms with Crippen LogP contribution in [0.15, 0.2) is 85.0 Å². The number of benzene rings is 2. The van der Waals surface area contributed by atoms with E-state index in [-0.39, 0.29) is 0 Å². The van der Waals surface area contributed by atoms with E-state index in [1.165, 1.54) is 11.1 Å². The highest BCUT2D eigenvalue weighted by Crippen LogP contribution is 2.32. The molecule has 4 nitrogen and oxygen atoms in total. The molecular formula is C28H39IN2O2. The molecule has 33 heavy (non-hydrogen) atoms. The van der Waals surface area contributed by atoms with Gasteiger partial charge in [0.2, 0.25) is 0 Å². The Kier molecular flexibility index (Phi) is 12.9. The lowest BCUT2D eigenvalue weighted by molar-refractivity contribution is -0.0588. The zero-order valence-corrected chi connectivity index (χ0v) is 22.5. The third-order valence-electron chi connectivity index (χ3n) is 5.35. The van der Waals surface area contributed by atoms with Gasteiger partial charge < -0.3 is 14.8 Å². The molecule has 1 N–H and O–H groups in total. The van der Waals surface area contributed by atoms with Crippen molar-refractivity contribution < 1.29 is 9.47 Å². The Morgan fingerprint density at radius 1 is 0.848 bits per heavy atom. The summed E-state index contributed by atoms with van der Waals surface area (Å²) in [4.78, 5) is 4.45. The van der Waals surface area contributed by atoms with Crippen LogP contribution in [0.25, 0.3) is 0 Å². The van der Waals surface area contributed by atoms with Crippen LogP contribution in [0.3, 0.4) is 0 Å². The van der Waals surface area contributed by atoms with Crippen LogP contribution < -0.4 is 5.32 Å². The molecule has 0 aliphatic carbocycles. The number of rotatable bonds is 9. The molecule has 180 valence electrons. The van der Waals surface area contributed by atoms with Crippen LogP contribution in [0.1, 0.15) is 31.0 Å². The van der Waals surface area contributed by atoms with E-state index in [9.17, 15) is 0 Å². The van der Waals surface area contributed by atoms with E-state index in [4.69, 9.17) is 9.47 Å². The van der Waals surface area contributed by atoms with Crippen LogP contribution in [0.4, 0.5) is 0 Å². The van der Waals surface area contributed by atoms with Gasteiger partial charge in [0.25, 0.3) is 0 Å². The normalized spacial score (nSPS) is 15.9. The summed E-state index contributed by atoms with van der Waals surface area (Å²) in [6.07, 6.45) is 0.772. The Balaban J connectivity index is 0.000000293. The molecule has 2 fully saturated rings. The zero-order valence-electron chi connectivity index (χ0n) is 20.3. The molecule has 0 unspecified atom stereocenters. The van der Waals surface area contributed by atoms with E-state index >= 15 is 0 Å². The summed E-state index contributed by atoms with van der Waals surface area (Å²) in [7, 11) is 0. The van der Waals surface area contributed by atoms with E-state index < -0.39 is 0 Å². The molecule has 0 spiro atoms. The maximum Gasteiger partial charge on any atom is 0.0833 e. The number of likely N-dealkylation sites (tertiary alicyclic amines) is 1. The highest BCUT2D eigenvalue weighted by Gasteiger charge is 2.34. The lowest BCUT2D eigenvalue weighted by Gasteiger charge is -2.44. The van der Waals surface area contributed by atoms with Crippen LogP contribution >= 0.6 is 22.6 Å². The maximum atomic E-state index is 5.85. The van der Waals surface area contributed by atoms with E-state index in [1.807, 2.05) is 18.8 Å². The average molecular weight is 563 g/mol. The van der Waals surface area contributed by atoms with Gasteiger partial charge in [0, 0.05) is 26.2 Å². The fourth-order valence-corrected chi connectivity index (χ4v) is 3.57. The summed E-state index contributed by atoms with van der Waals surface area (Å²) < 4.78 is 11.2. The second-order valence-corrected chi connectivity index (χ2v) is 8.62. The van der Waals surface area contributed by atoms with Gasteiger partial charge >= 0.3 is 0 Å². The molecule has 2 aromatic rings. The van der Waals surface area contributed by atoms with Gasteiger partial charge in [-0.05, 0) is 29.9 Å². The lowest BCUT2D eigenvalue weighted by atomic mass is 9.94. The fraction of sp³-hybridized carbons (Fsp3) is 0.429. The Morgan fingerprint density at radius 3 is 1.64 bits per heavy atom. The van der Waals surface area contributed by atoms with Gasteiger partial charge in [0.15, 0.2) is 0 Å². The Morgan fingerprint density at radius 2 is 1.27 bits per heavy atom. The van der Waals surface area contributed by atoms with Gasteiger partial charge in [-0.3, -0.25) is 4.90 Å². The summed E-state index contributed by atoms with van der Waals surface area (Å²) >= 11 is 2.15. The van der Waals surface area contributed by atoms with Crippen LogP contribution in [-0.4, -0.2) is 61.4 Å². The largest absolute Gasteiger partial charge is 0.371 e. The average Bonchev–Trinajstić information content (AvgIpc) is 2.77. The minimum atomic E-state index is 0.312. The van der Waals surface area contributed by atoms with E-state index in [2.05, 4.69) is 107 Å². The SMILES string of the molecule is C=C(C)COC1CN(C(c2ccccc2)c2ccccc2)C1.C=C(C)COC1CNC1.CI. The minimum absolute atomic E-state index is 0.312. The van der Waals surface area contributed by atoms with Gasteiger partial charge in [-0.15, -0.1) is 0 Å². The van der Waals surface area contributed by atoms with Crippen molar-refractivity contribution in [1.82, 2.24) is 10.2 Å². The first-order chi connectivity index (χ1) is 16.0. The fourth-order valence-electron chi connectivity index (χ4n) is 3.57. The number of nitrogens with one attached hydrogen (secondary N) is 1. The third kappa shape index (κ3) is 9.71. The first-order valence-corrected chi connectivity index (χ1v) is 13.6. The molecular weight excluding hydrogens is 523 g/mol. The van der Waals surface area contributed by atoms with Crippen LogP contribution in [0, 0.1) is 0 Å². The first-order valence-electron chi connectivity index (χ1n) is 11.5. The summed E-state index contributed by atoms with van der Waals surface area (Å²) in [6.45, 7) is 17.0. The van der Waals surface area contributed by atoms with Crippen molar-refractivity contribution in [2.75, 3.05) is 44.3 Å². The monoisotopic (exact) mass is 562 g/mol. The number of nitrogens with zero attached hydrogens (tertiary/aromatic N) is 1. The van der Waals surface area contributed by atoms with Crippen molar-refractivity contribution in [1.29, 1.82) is 0 Å². The van der Waals surface area contributed by atoms with Crippen molar-refractivity contribution in [2.45, 2.75) is 32.1 Å². The molecule has 5 heteroatoms. The molecule has 0 aromatic heterocycles. The van der Waals surface area contributed by atoms with Crippen LogP contribution in [0.2, 0.25) is 0 Å². The highest BCUT2D eigenvalue weighted by molar-refractivity contribution is 14.1. The smallest absolute Gasteiger partial charge is 0.0833 e. The number of alkyl halides is 1. The molecule has 4 rings (SSSR count). The van der Waals surface area contributed by atoms with Crippen molar-refractivity contribution in [3.63, 3.8) is 0 Å². The number of ether oxygens (including phenoxy) is 2. The van der Waals surface area contributed by atoms with Gasteiger partial charge in [0.05, 0.1) is 31.5 Å². The molecule has 0 saturated carbocycles. The minimum Gasteiger partial charge on any atom is -0.371 e. The predicted molar refractivity (Wildman–Crippen MR) is 148 cm³/mol. The van der Waals surface area contributed by atoms with Gasteiger partial charge in [-0.25, -0.2) is 0 Å². The highest BCUT2D eigenvalue weighted by atomic mass is 127. The van der Waals surface area contributed by atoms with Crippen LogP contribution in [0.5, 0.6) is 0 Å². The maximum absolute atomic E-state index is 5.85. The molecule has 2 saturated heterocycles. The van der Waals surface area contributed by atoms with E-state index in [0.717, 1.165) is 37.3 Å². The second kappa shape index (κ2) is 15.4. The molecule has 2 aromatic carbocycles. The van der Waals surface area contributed by atoms with Crippen molar-refractivity contribution in [3.05, 3.63) is 96.1 Å². The number of hydrogen-bond acceptors (Lipinski definition) is 4. The molecule has 0 atom stereocenters. The zero-order chi connectivity index (χ0) is 24.1. The number of halogens is 1. The summed E-state index contributed by atoms with van der Waals surface area (Å²) in [5.74, 6) is 0. The molecule has 2 heterocycles. The Bertz CT molecular complexity index is 779. The molecule has 0 amide bonds. The quantitative estimate of drug-likeness (QED) is 0.243. The summed E-state index contributed by atoms with van der Waals surface area (Å²) in [5, 5.41) is 3.13. The topological polar surface area (TPSA) is 33.7 Å². The van der Waals surface area contributed by atoms with Gasteiger partial charge in [-0.2, -0.15) is 0 Å². The Labute approximate surface area is 214 Å². The standard InChI is InChI=1S/C20H23NO.C7H13NO.CH3I/c1-16(2)15-22-19-13-21(14-19)20(17-9-5-3-6-10-17)18-11-7-4-8-12-18;1-6(2)5-9-7-3-8-4-7;1-2/h3-12,19-20H,1,13-15H2,2H3;7-8H,1,3-5H2,2H3;1H3. The summed E-state index contributed by atoms with van der Waals surface area (Å²) in [5.41, 5.74) is 4.86. The molecule has 0 radical (unpaired) electrons. The van der Waals surface area contributed by atoms with Gasteiger partial charge in [-0.1, -0.05) is 108 Å².